The summed E-state index contributed by atoms with van der Waals surface area (Å²) in [4.78, 5) is 10.1. The lowest BCUT2D eigenvalue weighted by Gasteiger charge is -2.03. The third kappa shape index (κ3) is 1.94. The molecule has 0 aromatic heterocycles. The van der Waals surface area contributed by atoms with Crippen LogP contribution in [0, 0.1) is 10.1 Å². The van der Waals surface area contributed by atoms with E-state index in [4.69, 9.17) is 5.73 Å². The Morgan fingerprint density at radius 3 is 2.77 bits per heavy atom. The van der Waals surface area contributed by atoms with Crippen LogP contribution in [0.2, 0.25) is 0 Å². The van der Waals surface area contributed by atoms with Crippen LogP contribution in [0.3, 0.4) is 0 Å². The molecule has 13 heavy (non-hydrogen) atoms. The summed E-state index contributed by atoms with van der Waals surface area (Å²) in [5, 5.41) is 13.4. The second-order valence-corrected chi connectivity index (χ2v) is 2.55. The average molecular weight is 181 g/mol. The Hall–Kier alpha value is -1.62. The first-order valence-electron chi connectivity index (χ1n) is 3.84. The minimum absolute atomic E-state index is 0.0708. The number of nitrogens with two attached hydrogens (primary N) is 1. The summed E-state index contributed by atoms with van der Waals surface area (Å²) in [5.74, 6) is 0. The highest BCUT2D eigenvalue weighted by Gasteiger charge is 2.11. The summed E-state index contributed by atoms with van der Waals surface area (Å²) in [6, 6.07) is 4.78. The summed E-state index contributed by atoms with van der Waals surface area (Å²) < 4.78 is 0. The lowest BCUT2D eigenvalue weighted by Crippen LogP contribution is -2.02. The van der Waals surface area contributed by atoms with Crippen molar-refractivity contribution in [3.05, 3.63) is 33.9 Å². The predicted octanol–water partition coefficient (Wildman–Crippen LogP) is 1.10. The number of hydrogen-bond acceptors (Lipinski definition) is 4. The number of anilines is 1. The molecule has 0 spiro atoms. The second-order valence-electron chi connectivity index (χ2n) is 2.55. The van der Waals surface area contributed by atoms with E-state index < -0.39 is 4.92 Å². The van der Waals surface area contributed by atoms with Crippen molar-refractivity contribution < 1.29 is 4.92 Å². The quantitative estimate of drug-likeness (QED) is 0.540. The van der Waals surface area contributed by atoms with Crippen molar-refractivity contribution in [2.75, 3.05) is 12.4 Å². The maximum absolute atomic E-state index is 10.5. The Balaban J connectivity index is 3.15. The molecule has 3 N–H and O–H groups in total. The molecule has 1 rings (SSSR count). The van der Waals surface area contributed by atoms with Crippen LogP contribution in [0.15, 0.2) is 18.2 Å². The molecule has 0 saturated heterocycles. The summed E-state index contributed by atoms with van der Waals surface area (Å²) in [6.45, 7) is 0.172. The number of hydrogen-bond donors (Lipinski definition) is 2. The van der Waals surface area contributed by atoms with Crippen molar-refractivity contribution in [3.63, 3.8) is 0 Å². The van der Waals surface area contributed by atoms with Crippen LogP contribution in [0.25, 0.3) is 0 Å². The molecule has 0 atom stereocenters. The fraction of sp³-hybridized carbons (Fsp3) is 0.250. The Kier molecular flexibility index (Phi) is 2.81. The lowest BCUT2D eigenvalue weighted by molar-refractivity contribution is -0.385. The van der Waals surface area contributed by atoms with Gasteiger partial charge in [0, 0.05) is 30.9 Å². The molecular weight excluding hydrogens is 170 g/mol. The molecular formula is C8H11N3O2. The van der Waals surface area contributed by atoms with Crippen LogP contribution >= 0.6 is 0 Å². The van der Waals surface area contributed by atoms with E-state index >= 15 is 0 Å². The van der Waals surface area contributed by atoms with E-state index in [2.05, 4.69) is 5.32 Å². The topological polar surface area (TPSA) is 81.2 Å². The van der Waals surface area contributed by atoms with E-state index in [1.54, 1.807) is 19.2 Å². The molecule has 0 unspecified atom stereocenters. The SMILES string of the molecule is CNc1ccc([N+](=O)[O-])c(CN)c1. The normalized spacial score (nSPS) is 9.69. The van der Waals surface area contributed by atoms with Crippen molar-refractivity contribution in [1.82, 2.24) is 0 Å². The Labute approximate surface area is 75.7 Å². The van der Waals surface area contributed by atoms with Crippen molar-refractivity contribution in [2.24, 2.45) is 5.73 Å². The molecule has 0 saturated carbocycles. The number of nitro groups is 1. The molecule has 1 aromatic carbocycles. The molecule has 0 heterocycles. The number of rotatable bonds is 3. The average Bonchev–Trinajstić information content (AvgIpc) is 2.16. The molecule has 5 heteroatoms. The van der Waals surface area contributed by atoms with Crippen LogP contribution in [-0.4, -0.2) is 12.0 Å². The molecule has 5 nitrogen and oxygen atoms in total. The fourth-order valence-corrected chi connectivity index (χ4v) is 1.08. The number of nitrogens with one attached hydrogen (secondary N) is 1. The first-order chi connectivity index (χ1) is 6.19. The largest absolute Gasteiger partial charge is 0.388 e. The van der Waals surface area contributed by atoms with E-state index in [-0.39, 0.29) is 12.2 Å². The van der Waals surface area contributed by atoms with Gasteiger partial charge < -0.3 is 11.1 Å². The third-order valence-corrected chi connectivity index (χ3v) is 1.78. The molecule has 0 aliphatic heterocycles. The number of benzene rings is 1. The zero-order valence-electron chi connectivity index (χ0n) is 7.28. The van der Waals surface area contributed by atoms with Gasteiger partial charge in [0.25, 0.3) is 5.69 Å². The zero-order valence-corrected chi connectivity index (χ0v) is 7.28. The van der Waals surface area contributed by atoms with Gasteiger partial charge in [-0.05, 0) is 12.1 Å². The predicted molar refractivity (Wildman–Crippen MR) is 50.5 cm³/mol. The van der Waals surface area contributed by atoms with E-state index in [1.165, 1.54) is 6.07 Å². The fourth-order valence-electron chi connectivity index (χ4n) is 1.08. The van der Waals surface area contributed by atoms with Crippen LogP contribution < -0.4 is 11.1 Å². The summed E-state index contributed by atoms with van der Waals surface area (Å²) >= 11 is 0. The zero-order chi connectivity index (χ0) is 9.84. The Morgan fingerprint density at radius 2 is 2.31 bits per heavy atom. The summed E-state index contributed by atoms with van der Waals surface area (Å²) in [7, 11) is 1.75. The monoisotopic (exact) mass is 181 g/mol. The van der Waals surface area contributed by atoms with Gasteiger partial charge in [-0.25, -0.2) is 0 Å². The first-order valence-corrected chi connectivity index (χ1v) is 3.84. The number of nitrogens with zero attached hydrogens (tertiary/aromatic N) is 1. The van der Waals surface area contributed by atoms with Gasteiger partial charge in [-0.15, -0.1) is 0 Å². The van der Waals surface area contributed by atoms with E-state index in [0.29, 0.717) is 5.56 Å². The molecule has 70 valence electrons. The highest BCUT2D eigenvalue weighted by molar-refractivity contribution is 5.53. The van der Waals surface area contributed by atoms with Gasteiger partial charge in [0.05, 0.1) is 4.92 Å². The van der Waals surface area contributed by atoms with Gasteiger partial charge in [-0.2, -0.15) is 0 Å². The Morgan fingerprint density at radius 1 is 1.62 bits per heavy atom. The van der Waals surface area contributed by atoms with Gasteiger partial charge in [-0.3, -0.25) is 10.1 Å². The standard InChI is InChI=1S/C8H11N3O2/c1-10-7-2-3-8(11(12)13)6(4-7)5-9/h2-4,10H,5,9H2,1H3. The molecule has 0 bridgehead atoms. The molecule has 0 aliphatic rings. The van der Waals surface area contributed by atoms with Crippen LogP contribution in [-0.2, 0) is 6.54 Å². The second kappa shape index (κ2) is 3.86. The third-order valence-electron chi connectivity index (χ3n) is 1.78. The highest BCUT2D eigenvalue weighted by Crippen LogP contribution is 2.21. The molecule has 1 aromatic rings. The minimum Gasteiger partial charge on any atom is -0.388 e. The minimum atomic E-state index is -0.429. The lowest BCUT2D eigenvalue weighted by atomic mass is 10.1. The van der Waals surface area contributed by atoms with Crippen LogP contribution in [0.1, 0.15) is 5.56 Å². The van der Waals surface area contributed by atoms with Crippen LogP contribution in [0.4, 0.5) is 11.4 Å². The highest BCUT2D eigenvalue weighted by atomic mass is 16.6. The summed E-state index contributed by atoms with van der Waals surface area (Å²) in [6.07, 6.45) is 0. The van der Waals surface area contributed by atoms with E-state index in [1.807, 2.05) is 0 Å². The van der Waals surface area contributed by atoms with Gasteiger partial charge in [-0.1, -0.05) is 0 Å². The number of nitro benzene ring substituents is 1. The summed E-state index contributed by atoms with van der Waals surface area (Å²) in [5.41, 5.74) is 6.81. The Bertz CT molecular complexity index is 325. The van der Waals surface area contributed by atoms with E-state index in [0.717, 1.165) is 5.69 Å². The molecule has 0 aliphatic carbocycles. The van der Waals surface area contributed by atoms with Gasteiger partial charge in [0.2, 0.25) is 0 Å². The van der Waals surface area contributed by atoms with Gasteiger partial charge in [0.15, 0.2) is 0 Å². The van der Waals surface area contributed by atoms with Crippen molar-refractivity contribution in [3.8, 4) is 0 Å². The van der Waals surface area contributed by atoms with Crippen molar-refractivity contribution >= 4 is 11.4 Å². The molecule has 0 radical (unpaired) electrons. The van der Waals surface area contributed by atoms with Crippen LogP contribution in [0.5, 0.6) is 0 Å². The van der Waals surface area contributed by atoms with Gasteiger partial charge in [0.1, 0.15) is 0 Å². The maximum Gasteiger partial charge on any atom is 0.274 e. The van der Waals surface area contributed by atoms with Crippen molar-refractivity contribution in [2.45, 2.75) is 6.54 Å². The van der Waals surface area contributed by atoms with E-state index in [9.17, 15) is 10.1 Å². The first kappa shape index (κ1) is 9.47. The molecule has 0 amide bonds. The van der Waals surface area contributed by atoms with Crippen molar-refractivity contribution in [1.29, 1.82) is 0 Å². The smallest absolute Gasteiger partial charge is 0.274 e. The molecule has 0 fully saturated rings. The maximum atomic E-state index is 10.5. The van der Waals surface area contributed by atoms with Gasteiger partial charge >= 0.3 is 0 Å².